The number of anilines is 2. The van der Waals surface area contributed by atoms with E-state index in [-0.39, 0.29) is 11.7 Å². The van der Waals surface area contributed by atoms with Crippen molar-refractivity contribution in [3.05, 3.63) is 53.1 Å². The summed E-state index contributed by atoms with van der Waals surface area (Å²) >= 11 is 0. The third-order valence-corrected chi connectivity index (χ3v) is 2.97. The molecule has 0 fully saturated rings. The van der Waals surface area contributed by atoms with Gasteiger partial charge in [-0.2, -0.15) is 0 Å². The maximum absolute atomic E-state index is 12.1. The number of nitrogens with one attached hydrogen (secondary N) is 1. The Morgan fingerprint density at radius 3 is 2.58 bits per heavy atom. The molecule has 0 bridgehead atoms. The van der Waals surface area contributed by atoms with Gasteiger partial charge in [-0.25, -0.2) is 0 Å². The number of aromatic hydroxyl groups is 1. The summed E-state index contributed by atoms with van der Waals surface area (Å²) in [4.78, 5) is 12.1. The van der Waals surface area contributed by atoms with Crippen molar-refractivity contribution in [2.45, 2.75) is 13.8 Å². The lowest BCUT2D eigenvalue weighted by Gasteiger charge is -2.11. The summed E-state index contributed by atoms with van der Waals surface area (Å²) in [5, 5.41) is 12.2. The average molecular weight is 256 g/mol. The molecule has 0 unspecified atom stereocenters. The standard InChI is InChI=1S/C15H16N2O2/c1-9-7-14(10(2)6-13(9)16)17-15(19)11-4-3-5-12(18)8-11/h3-8,18H,16H2,1-2H3,(H,17,19). The molecule has 0 saturated heterocycles. The number of carbonyl (C=O) groups excluding carboxylic acids is 1. The number of phenolic OH excluding ortho intramolecular Hbond substituents is 1. The van der Waals surface area contributed by atoms with Gasteiger partial charge in [-0.1, -0.05) is 6.07 Å². The van der Waals surface area contributed by atoms with Crippen molar-refractivity contribution >= 4 is 17.3 Å². The van der Waals surface area contributed by atoms with Crippen molar-refractivity contribution in [2.24, 2.45) is 0 Å². The molecule has 2 aromatic carbocycles. The summed E-state index contributed by atoms with van der Waals surface area (Å²) in [6.07, 6.45) is 0. The quantitative estimate of drug-likeness (QED) is 0.723. The zero-order valence-electron chi connectivity index (χ0n) is 10.9. The summed E-state index contributed by atoms with van der Waals surface area (Å²) in [5.74, 6) is -0.193. The molecule has 0 aliphatic rings. The second-order valence-corrected chi connectivity index (χ2v) is 4.53. The third-order valence-electron chi connectivity index (χ3n) is 2.97. The summed E-state index contributed by atoms with van der Waals surface area (Å²) in [6, 6.07) is 9.89. The number of carbonyl (C=O) groups is 1. The molecule has 98 valence electrons. The van der Waals surface area contributed by atoms with E-state index in [1.807, 2.05) is 26.0 Å². The van der Waals surface area contributed by atoms with Gasteiger partial charge in [-0.05, 0) is 55.3 Å². The second kappa shape index (κ2) is 5.02. The minimum absolute atomic E-state index is 0.0675. The van der Waals surface area contributed by atoms with Crippen LogP contribution in [0.15, 0.2) is 36.4 Å². The van der Waals surface area contributed by atoms with Gasteiger partial charge >= 0.3 is 0 Å². The number of hydrogen-bond acceptors (Lipinski definition) is 3. The lowest BCUT2D eigenvalue weighted by molar-refractivity contribution is 0.102. The highest BCUT2D eigenvalue weighted by atomic mass is 16.3. The van der Waals surface area contributed by atoms with Crippen LogP contribution in [0.1, 0.15) is 21.5 Å². The van der Waals surface area contributed by atoms with Gasteiger partial charge in [0.1, 0.15) is 5.75 Å². The molecule has 4 heteroatoms. The number of hydrogen-bond donors (Lipinski definition) is 3. The van der Waals surface area contributed by atoms with E-state index < -0.39 is 0 Å². The van der Waals surface area contributed by atoms with Crippen LogP contribution in [0, 0.1) is 13.8 Å². The van der Waals surface area contributed by atoms with E-state index in [4.69, 9.17) is 5.73 Å². The Morgan fingerprint density at radius 1 is 1.16 bits per heavy atom. The fourth-order valence-electron chi connectivity index (χ4n) is 1.81. The smallest absolute Gasteiger partial charge is 0.255 e. The topological polar surface area (TPSA) is 75.3 Å². The molecule has 1 amide bonds. The average Bonchev–Trinajstić information content (AvgIpc) is 2.36. The van der Waals surface area contributed by atoms with Crippen LogP contribution in [0.3, 0.4) is 0 Å². The van der Waals surface area contributed by atoms with Crippen LogP contribution in [0.4, 0.5) is 11.4 Å². The molecule has 0 heterocycles. The molecule has 0 saturated carbocycles. The highest BCUT2D eigenvalue weighted by Crippen LogP contribution is 2.23. The molecular weight excluding hydrogens is 240 g/mol. The number of nitrogen functional groups attached to an aromatic ring is 1. The minimum atomic E-state index is -0.261. The highest BCUT2D eigenvalue weighted by Gasteiger charge is 2.09. The van der Waals surface area contributed by atoms with E-state index >= 15 is 0 Å². The number of phenols is 1. The molecule has 19 heavy (non-hydrogen) atoms. The maximum atomic E-state index is 12.1. The Bertz CT molecular complexity index is 636. The molecule has 2 rings (SSSR count). The van der Waals surface area contributed by atoms with Crippen LogP contribution in [0.5, 0.6) is 5.75 Å². The number of nitrogens with two attached hydrogens (primary N) is 1. The Balaban J connectivity index is 2.27. The third kappa shape index (κ3) is 2.85. The number of aryl methyl sites for hydroxylation is 2. The van der Waals surface area contributed by atoms with Crippen LogP contribution < -0.4 is 11.1 Å². The molecule has 0 spiro atoms. The Labute approximate surface area is 111 Å². The molecule has 0 atom stereocenters. The normalized spacial score (nSPS) is 10.2. The second-order valence-electron chi connectivity index (χ2n) is 4.53. The Hall–Kier alpha value is -2.49. The van der Waals surface area contributed by atoms with Crippen LogP contribution in [0.2, 0.25) is 0 Å². The van der Waals surface area contributed by atoms with Crippen molar-refractivity contribution in [3.63, 3.8) is 0 Å². The molecule has 4 N–H and O–H groups in total. The predicted molar refractivity (Wildman–Crippen MR) is 76.4 cm³/mol. The monoisotopic (exact) mass is 256 g/mol. The van der Waals surface area contributed by atoms with Crippen LogP contribution >= 0.6 is 0 Å². The SMILES string of the molecule is Cc1cc(NC(=O)c2cccc(O)c2)c(C)cc1N. The van der Waals surface area contributed by atoms with Crippen molar-refractivity contribution < 1.29 is 9.90 Å². The molecular formula is C15H16N2O2. The van der Waals surface area contributed by atoms with Gasteiger partial charge in [-0.15, -0.1) is 0 Å². The van der Waals surface area contributed by atoms with E-state index in [9.17, 15) is 9.90 Å². The largest absolute Gasteiger partial charge is 0.508 e. The molecule has 4 nitrogen and oxygen atoms in total. The van der Waals surface area contributed by atoms with E-state index in [1.165, 1.54) is 12.1 Å². The molecule has 2 aromatic rings. The lowest BCUT2D eigenvalue weighted by Crippen LogP contribution is -2.13. The first-order chi connectivity index (χ1) is 8.97. The zero-order valence-corrected chi connectivity index (χ0v) is 10.9. The highest BCUT2D eigenvalue weighted by molar-refractivity contribution is 6.05. The number of amides is 1. The van der Waals surface area contributed by atoms with Crippen LogP contribution in [0.25, 0.3) is 0 Å². The molecule has 0 radical (unpaired) electrons. The first kappa shape index (κ1) is 13.0. The number of rotatable bonds is 2. The first-order valence-electron chi connectivity index (χ1n) is 5.94. The van der Waals surface area contributed by atoms with Gasteiger partial charge in [0, 0.05) is 16.9 Å². The number of benzene rings is 2. The van der Waals surface area contributed by atoms with E-state index in [2.05, 4.69) is 5.32 Å². The van der Waals surface area contributed by atoms with Crippen molar-refractivity contribution in [1.82, 2.24) is 0 Å². The molecule has 0 aliphatic heterocycles. The van der Waals surface area contributed by atoms with Crippen LogP contribution in [-0.2, 0) is 0 Å². The summed E-state index contributed by atoms with van der Waals surface area (Å²) in [7, 11) is 0. The Kier molecular flexibility index (Phi) is 3.42. The van der Waals surface area contributed by atoms with E-state index in [1.54, 1.807) is 12.1 Å². The Morgan fingerprint density at radius 2 is 1.89 bits per heavy atom. The summed E-state index contributed by atoms with van der Waals surface area (Å²) < 4.78 is 0. The van der Waals surface area contributed by atoms with Crippen molar-refractivity contribution in [3.8, 4) is 5.75 Å². The van der Waals surface area contributed by atoms with Gasteiger partial charge in [0.05, 0.1) is 0 Å². The first-order valence-corrected chi connectivity index (χ1v) is 5.94. The van der Waals surface area contributed by atoms with Gasteiger partial charge in [0.25, 0.3) is 5.91 Å². The van der Waals surface area contributed by atoms with Gasteiger partial charge in [-0.3, -0.25) is 4.79 Å². The molecule has 0 aliphatic carbocycles. The van der Waals surface area contributed by atoms with Crippen molar-refractivity contribution in [2.75, 3.05) is 11.1 Å². The minimum Gasteiger partial charge on any atom is -0.508 e. The van der Waals surface area contributed by atoms with Crippen LogP contribution in [-0.4, -0.2) is 11.0 Å². The summed E-state index contributed by atoms with van der Waals surface area (Å²) in [5.41, 5.74) is 9.45. The van der Waals surface area contributed by atoms with Crippen molar-refractivity contribution in [1.29, 1.82) is 0 Å². The fraction of sp³-hybridized carbons (Fsp3) is 0.133. The summed E-state index contributed by atoms with van der Waals surface area (Å²) in [6.45, 7) is 3.77. The predicted octanol–water partition coefficient (Wildman–Crippen LogP) is 2.84. The fourth-order valence-corrected chi connectivity index (χ4v) is 1.81. The molecule has 0 aromatic heterocycles. The van der Waals surface area contributed by atoms with Gasteiger partial charge in [0.15, 0.2) is 0 Å². The maximum Gasteiger partial charge on any atom is 0.255 e. The van der Waals surface area contributed by atoms with E-state index in [0.717, 1.165) is 16.8 Å². The van der Waals surface area contributed by atoms with Gasteiger partial charge < -0.3 is 16.2 Å². The van der Waals surface area contributed by atoms with Gasteiger partial charge in [0.2, 0.25) is 0 Å². The van der Waals surface area contributed by atoms with E-state index in [0.29, 0.717) is 11.3 Å². The zero-order chi connectivity index (χ0) is 14.0. The lowest BCUT2D eigenvalue weighted by atomic mass is 10.1.